The zero-order chi connectivity index (χ0) is 44.9. The first-order chi connectivity index (χ1) is 29.7. The molecule has 0 unspecified atom stereocenters. The molecule has 0 aliphatic rings. The van der Waals surface area contributed by atoms with E-state index in [1.807, 2.05) is 39.8 Å². The van der Waals surface area contributed by atoms with Crippen LogP contribution in [-0.2, 0) is 54.3 Å². The third-order valence-electron chi connectivity index (χ3n) is 9.64. The number of Topliss-reactive ketones (excluding diaryl/α,β-unsaturated/α-hetero) is 2. The number of H-pyrrole nitrogens is 2. The summed E-state index contributed by atoms with van der Waals surface area (Å²) in [7, 11) is 4.15. The van der Waals surface area contributed by atoms with Crippen LogP contribution in [0.3, 0.4) is 0 Å². The molecule has 62 heavy (non-hydrogen) atoms. The van der Waals surface area contributed by atoms with Gasteiger partial charge in [-0.3, -0.25) is 24.0 Å². The molecule has 3 aromatic heterocycles. The number of amides is 2. The summed E-state index contributed by atoms with van der Waals surface area (Å²) in [6.45, 7) is 5.96. The molecule has 18 heteroatoms. The summed E-state index contributed by atoms with van der Waals surface area (Å²) in [5, 5.41) is 17.2. The fourth-order valence-corrected chi connectivity index (χ4v) is 6.63. The van der Waals surface area contributed by atoms with Gasteiger partial charge in [-0.1, -0.05) is 23.3 Å². The molecule has 2 amide bonds. The first-order valence-corrected chi connectivity index (χ1v) is 19.7. The molecule has 0 spiro atoms. The monoisotopic (exact) mass is 856 g/mol. The number of ether oxygens (including phenoxy) is 5. The minimum atomic E-state index is -0.951. The number of methoxy groups -OCH3 is 3. The van der Waals surface area contributed by atoms with Crippen molar-refractivity contribution in [2.45, 2.75) is 65.5 Å². The van der Waals surface area contributed by atoms with Crippen molar-refractivity contribution in [3.63, 3.8) is 0 Å². The van der Waals surface area contributed by atoms with E-state index in [1.54, 1.807) is 12.4 Å². The second kappa shape index (κ2) is 21.6. The van der Waals surface area contributed by atoms with Crippen molar-refractivity contribution in [1.29, 1.82) is 0 Å². The van der Waals surface area contributed by atoms with E-state index in [-0.39, 0.29) is 95.2 Å². The number of aromatic amines is 2. The fraction of sp³-hybridized carbons (Fsp3) is 0.386. The smallest absolute Gasteiger partial charge is 0.258 e. The number of carbonyl (C=O) groups is 4. The predicted octanol–water partition coefficient (Wildman–Crippen LogP) is 3.77. The minimum Gasteiger partial charge on any atom is -0.507 e. The average Bonchev–Trinajstić information content (AvgIpc) is 3.95. The standard InChI is InChI=1S/C44H52N6O12/c1-24(2)8-10-28-34(60-20-38(53)49-30(32(51)18-57-5)12-26-16-45-22-47-26)14-36-41(42(28)55)43(56)40-29(11-9-25(3)4)44(59-7)37(15-35(40)62-36)61-21-39(54)50-31(33(52)19-58-6)13-27-17-46-23-48-27/h8-9,14-17,22-23,30-31,55H,10-13,18-21H2,1-7H3,(H,45,47)(H,46,48)(H,49,53)(H,50,54)/t30-,31-/m0/s1. The van der Waals surface area contributed by atoms with Gasteiger partial charge in [0.1, 0.15) is 41.3 Å². The molecule has 0 radical (unpaired) electrons. The Morgan fingerprint density at radius 2 is 1.21 bits per heavy atom. The first-order valence-electron chi connectivity index (χ1n) is 19.7. The van der Waals surface area contributed by atoms with Crippen molar-refractivity contribution in [3.8, 4) is 23.0 Å². The number of aromatic nitrogens is 4. The van der Waals surface area contributed by atoms with Crippen LogP contribution in [0.1, 0.15) is 50.2 Å². The van der Waals surface area contributed by atoms with Crippen LogP contribution in [0.2, 0.25) is 0 Å². The highest BCUT2D eigenvalue weighted by Crippen LogP contribution is 2.41. The number of phenols is 1. The molecular weight excluding hydrogens is 805 g/mol. The lowest BCUT2D eigenvalue weighted by molar-refractivity contribution is -0.130. The third-order valence-corrected chi connectivity index (χ3v) is 9.64. The van der Waals surface area contributed by atoms with E-state index < -0.39 is 48.3 Å². The van der Waals surface area contributed by atoms with Crippen molar-refractivity contribution in [1.82, 2.24) is 30.6 Å². The number of ketones is 2. The van der Waals surface area contributed by atoms with Gasteiger partial charge in [0.2, 0.25) is 5.43 Å². The number of benzene rings is 2. The number of nitrogens with one attached hydrogen (secondary N) is 4. The average molecular weight is 857 g/mol. The molecule has 0 aliphatic heterocycles. The minimum absolute atomic E-state index is 0.0432. The van der Waals surface area contributed by atoms with E-state index in [4.69, 9.17) is 28.1 Å². The molecule has 3 heterocycles. The molecule has 18 nitrogen and oxygen atoms in total. The fourth-order valence-electron chi connectivity index (χ4n) is 6.63. The molecule has 5 aromatic rings. The van der Waals surface area contributed by atoms with Crippen LogP contribution in [0, 0.1) is 0 Å². The Morgan fingerprint density at radius 3 is 1.68 bits per heavy atom. The number of phenolic OH excluding ortho intramolecular Hbond substituents is 1. The molecule has 5 rings (SSSR count). The van der Waals surface area contributed by atoms with Gasteiger partial charge in [-0.15, -0.1) is 0 Å². The second-order valence-electron chi connectivity index (χ2n) is 14.9. The van der Waals surface area contributed by atoms with Gasteiger partial charge in [0.25, 0.3) is 11.8 Å². The largest absolute Gasteiger partial charge is 0.507 e. The van der Waals surface area contributed by atoms with Gasteiger partial charge >= 0.3 is 0 Å². The summed E-state index contributed by atoms with van der Waals surface area (Å²) in [4.78, 5) is 80.6. The summed E-state index contributed by atoms with van der Waals surface area (Å²) >= 11 is 0. The Morgan fingerprint density at radius 1 is 0.726 bits per heavy atom. The number of hydrogen-bond donors (Lipinski definition) is 5. The number of hydrogen-bond acceptors (Lipinski definition) is 14. The highest BCUT2D eigenvalue weighted by molar-refractivity contribution is 5.98. The van der Waals surface area contributed by atoms with Gasteiger partial charge in [-0.2, -0.15) is 0 Å². The molecule has 2 atom stereocenters. The third kappa shape index (κ3) is 11.7. The van der Waals surface area contributed by atoms with Crippen LogP contribution in [0.15, 0.2) is 69.7 Å². The summed E-state index contributed by atoms with van der Waals surface area (Å²) in [6.07, 6.45) is 10.3. The highest BCUT2D eigenvalue weighted by Gasteiger charge is 2.27. The van der Waals surface area contributed by atoms with Crippen molar-refractivity contribution in [2.75, 3.05) is 47.8 Å². The normalized spacial score (nSPS) is 12.0. The van der Waals surface area contributed by atoms with Gasteiger partial charge < -0.3 is 53.8 Å². The Balaban J connectivity index is 1.53. The maximum atomic E-state index is 14.6. The number of carbonyl (C=O) groups excluding carboxylic acids is 4. The van der Waals surface area contributed by atoms with Gasteiger partial charge in [-0.25, -0.2) is 9.97 Å². The Kier molecular flexibility index (Phi) is 16.2. The second-order valence-corrected chi connectivity index (χ2v) is 14.9. The van der Waals surface area contributed by atoms with Crippen LogP contribution >= 0.6 is 0 Å². The van der Waals surface area contributed by atoms with Crippen LogP contribution in [0.5, 0.6) is 23.0 Å². The lowest BCUT2D eigenvalue weighted by Crippen LogP contribution is -2.45. The Bertz CT molecular complexity index is 2500. The number of imidazole rings is 2. The molecule has 0 aliphatic carbocycles. The molecule has 0 saturated heterocycles. The zero-order valence-corrected chi connectivity index (χ0v) is 35.8. The topological polar surface area (TPSA) is 246 Å². The van der Waals surface area contributed by atoms with E-state index in [1.165, 1.54) is 46.1 Å². The maximum Gasteiger partial charge on any atom is 0.258 e. The Labute approximate surface area is 357 Å². The van der Waals surface area contributed by atoms with Crippen molar-refractivity contribution >= 4 is 45.3 Å². The van der Waals surface area contributed by atoms with Gasteiger partial charge in [0.15, 0.2) is 36.3 Å². The lowest BCUT2D eigenvalue weighted by atomic mass is 9.98. The molecular formula is C44H52N6O12. The molecule has 0 bridgehead atoms. The summed E-state index contributed by atoms with van der Waals surface area (Å²) in [5.74, 6) is -2.12. The SMILES string of the molecule is COCC(=O)[C@H](Cc1cnc[nH]1)NC(=O)COc1cc2oc3cc(OCC(=O)N[C@@H](Cc4cnc[nH]4)C(=O)COC)c(OC)c(CC=C(C)C)c3c(=O)c2c(O)c1CC=C(C)C. The predicted molar refractivity (Wildman–Crippen MR) is 228 cm³/mol. The van der Waals surface area contributed by atoms with Gasteiger partial charge in [0.05, 0.1) is 37.2 Å². The molecule has 330 valence electrons. The van der Waals surface area contributed by atoms with Gasteiger partial charge in [0, 0.05) is 74.1 Å². The number of rotatable bonds is 23. The number of allylic oxidation sites excluding steroid dienone is 4. The summed E-state index contributed by atoms with van der Waals surface area (Å²) < 4.78 is 34.2. The van der Waals surface area contributed by atoms with Crippen LogP contribution in [0.25, 0.3) is 21.9 Å². The van der Waals surface area contributed by atoms with E-state index in [2.05, 4.69) is 30.6 Å². The van der Waals surface area contributed by atoms with E-state index in [0.29, 0.717) is 17.0 Å². The molecule has 2 aromatic carbocycles. The first kappa shape index (κ1) is 46.3. The highest BCUT2D eigenvalue weighted by atomic mass is 16.5. The van der Waals surface area contributed by atoms with Crippen LogP contribution in [0.4, 0.5) is 0 Å². The molecule has 0 fully saturated rings. The van der Waals surface area contributed by atoms with Crippen molar-refractivity contribution < 1.29 is 52.4 Å². The zero-order valence-electron chi connectivity index (χ0n) is 35.8. The quantitative estimate of drug-likeness (QED) is 0.0464. The number of nitrogens with zero attached hydrogens (tertiary/aromatic N) is 2. The van der Waals surface area contributed by atoms with E-state index in [0.717, 1.165) is 11.1 Å². The number of fused-ring (bicyclic) bond motifs is 2. The Hall–Kier alpha value is -6.79. The van der Waals surface area contributed by atoms with Crippen molar-refractivity contribution in [3.05, 3.63) is 93.2 Å². The lowest BCUT2D eigenvalue weighted by Gasteiger charge is -2.19. The van der Waals surface area contributed by atoms with E-state index in [9.17, 15) is 29.1 Å². The molecule has 5 N–H and O–H groups in total. The van der Waals surface area contributed by atoms with Crippen molar-refractivity contribution in [2.24, 2.45) is 0 Å². The van der Waals surface area contributed by atoms with Crippen LogP contribution < -0.4 is 30.3 Å². The summed E-state index contributed by atoms with van der Waals surface area (Å²) in [6, 6.07) is 0.930. The molecule has 0 saturated carbocycles. The maximum absolute atomic E-state index is 14.6. The summed E-state index contributed by atoms with van der Waals surface area (Å²) in [5.41, 5.74) is 3.11. The van der Waals surface area contributed by atoms with Crippen LogP contribution in [-0.4, -0.2) is 108 Å². The number of aromatic hydroxyl groups is 1. The van der Waals surface area contributed by atoms with E-state index >= 15 is 0 Å². The van der Waals surface area contributed by atoms with Gasteiger partial charge in [-0.05, 0) is 40.5 Å².